The molecule has 0 aromatic heterocycles. The number of rotatable bonds is 77. The van der Waals surface area contributed by atoms with Gasteiger partial charge in [0.2, 0.25) is 0 Å². The number of hydrogen-bond acceptors (Lipinski definition) is 15. The molecule has 3 N–H and O–H groups in total. The lowest BCUT2D eigenvalue weighted by molar-refractivity contribution is -0.161. The van der Waals surface area contributed by atoms with E-state index < -0.39 is 97.5 Å². The van der Waals surface area contributed by atoms with Crippen molar-refractivity contribution in [3.8, 4) is 0 Å². The summed E-state index contributed by atoms with van der Waals surface area (Å²) in [6, 6.07) is 0. The number of ether oxygens (including phenoxy) is 4. The van der Waals surface area contributed by atoms with E-state index in [1.54, 1.807) is 0 Å². The number of allylic oxidation sites excluding steroid dienone is 10. The SMILES string of the molecule is CCCCC/C=C\C/C=C\C/C=C\C/C=C\CCCC(=O)OC[C@H](COP(=O)(O)OC[C@H](O)COP(=O)(O)OC[C@@H](COC(=O)CCCCCCCCCCCCCCCCC)OC(=O)CCCCCCCCCCCCCCC)OC(=O)CCCCCCC/C=C\CCCCCCCC. The number of aliphatic hydroxyl groups is 1. The molecule has 0 aromatic rings. The smallest absolute Gasteiger partial charge is 0.462 e. The molecule has 0 aromatic carbocycles. The molecule has 19 heteroatoms. The predicted octanol–water partition coefficient (Wildman–Crippen LogP) is 23.5. The van der Waals surface area contributed by atoms with Crippen LogP contribution in [-0.4, -0.2) is 96.7 Å². The van der Waals surface area contributed by atoms with Crippen LogP contribution in [0.1, 0.15) is 374 Å². The van der Waals surface area contributed by atoms with E-state index in [0.717, 1.165) is 109 Å². The van der Waals surface area contributed by atoms with Crippen LogP contribution >= 0.6 is 15.6 Å². The summed E-state index contributed by atoms with van der Waals surface area (Å²) in [4.78, 5) is 73.0. The topological polar surface area (TPSA) is 237 Å². The van der Waals surface area contributed by atoms with E-state index in [9.17, 15) is 43.2 Å². The van der Waals surface area contributed by atoms with Crippen molar-refractivity contribution in [3.05, 3.63) is 60.8 Å². The molecule has 0 rings (SSSR count). The van der Waals surface area contributed by atoms with Crippen LogP contribution in [0.15, 0.2) is 60.8 Å². The van der Waals surface area contributed by atoms with Gasteiger partial charge in [0, 0.05) is 25.7 Å². The average molecular weight is 1460 g/mol. The molecule has 17 nitrogen and oxygen atoms in total. The van der Waals surface area contributed by atoms with E-state index in [2.05, 4.69) is 76.3 Å². The summed E-state index contributed by atoms with van der Waals surface area (Å²) in [5.41, 5.74) is 0. The van der Waals surface area contributed by atoms with Gasteiger partial charge < -0.3 is 33.8 Å². The largest absolute Gasteiger partial charge is 0.472 e. The third kappa shape index (κ3) is 73.1. The maximum atomic E-state index is 13.1. The Kier molecular flexibility index (Phi) is 71.6. The van der Waals surface area contributed by atoms with Crippen molar-refractivity contribution in [2.75, 3.05) is 39.6 Å². The van der Waals surface area contributed by atoms with E-state index in [1.807, 2.05) is 12.2 Å². The van der Waals surface area contributed by atoms with Crippen molar-refractivity contribution < 1.29 is 80.2 Å². The molecule has 0 saturated heterocycles. The second-order valence-electron chi connectivity index (χ2n) is 27.4. The highest BCUT2D eigenvalue weighted by Crippen LogP contribution is 2.45. The number of esters is 4. The van der Waals surface area contributed by atoms with Crippen molar-refractivity contribution >= 4 is 39.5 Å². The number of phosphoric ester groups is 2. The summed E-state index contributed by atoms with van der Waals surface area (Å²) < 4.78 is 68.6. The minimum Gasteiger partial charge on any atom is -0.462 e. The van der Waals surface area contributed by atoms with E-state index >= 15 is 0 Å². The van der Waals surface area contributed by atoms with Crippen LogP contribution in [0.25, 0.3) is 0 Å². The summed E-state index contributed by atoms with van der Waals surface area (Å²) in [6.45, 7) is 4.85. The molecule has 0 amide bonds. The van der Waals surface area contributed by atoms with Crippen LogP contribution in [-0.2, 0) is 65.4 Å². The second-order valence-corrected chi connectivity index (χ2v) is 30.3. The molecular weight excluding hydrogens is 1310 g/mol. The maximum absolute atomic E-state index is 13.1. The standard InChI is InChI=1S/C81H148O17P2/c1-5-9-13-17-21-25-29-33-36-37-40-43-46-50-54-58-62-66-79(84)92-72-77(98-81(86)68-64-60-56-52-48-44-39-35-31-27-23-19-15-11-7-3)74-96-100(89,90)94-70-75(82)69-93-99(87,88)95-73-76(97-80(85)67-63-59-55-51-47-41-32-28-24-20-16-12-8-4)71-91-78(83)65-61-57-53-49-45-42-38-34-30-26-22-18-14-10-6-2/h21,25,33,35-36,39-40,43,50,54,75-77,82H,5-20,22-24,26-32,34,37-38,41-42,44-49,51-53,55-74H2,1-4H3,(H,87,88)(H,89,90)/b25-21-,36-33-,39-35-,43-40-,54-50-/t75-,76-,77-/m1/s1. The molecule has 0 aliphatic heterocycles. The highest BCUT2D eigenvalue weighted by atomic mass is 31.2. The molecule has 0 saturated carbocycles. The molecule has 0 heterocycles. The molecule has 0 bridgehead atoms. The third-order valence-corrected chi connectivity index (χ3v) is 19.4. The first-order valence-corrected chi connectivity index (χ1v) is 43.5. The minimum atomic E-state index is -4.98. The van der Waals surface area contributed by atoms with E-state index in [1.165, 1.54) is 180 Å². The molecular formula is C81H148O17P2. The van der Waals surface area contributed by atoms with Crippen LogP contribution in [0.4, 0.5) is 0 Å². The van der Waals surface area contributed by atoms with Gasteiger partial charge in [-0.15, -0.1) is 0 Å². The number of phosphoric acid groups is 2. The van der Waals surface area contributed by atoms with Gasteiger partial charge >= 0.3 is 39.5 Å². The number of hydrogen-bond donors (Lipinski definition) is 3. The Hall–Kier alpha value is -3.24. The zero-order valence-corrected chi connectivity index (χ0v) is 65.7. The highest BCUT2D eigenvalue weighted by molar-refractivity contribution is 7.47. The summed E-state index contributed by atoms with van der Waals surface area (Å²) in [5, 5.41) is 10.6. The summed E-state index contributed by atoms with van der Waals surface area (Å²) in [5.74, 6) is -2.21. The Bertz CT molecular complexity index is 2130. The first-order chi connectivity index (χ1) is 48.7. The van der Waals surface area contributed by atoms with Crippen molar-refractivity contribution in [2.24, 2.45) is 0 Å². The molecule has 0 fully saturated rings. The molecule has 0 spiro atoms. The van der Waals surface area contributed by atoms with Crippen LogP contribution in [0, 0.1) is 0 Å². The lowest BCUT2D eigenvalue weighted by atomic mass is 10.0. The molecule has 0 aliphatic carbocycles. The molecule has 584 valence electrons. The Balaban J connectivity index is 5.36. The summed E-state index contributed by atoms with van der Waals surface area (Å²) >= 11 is 0. The van der Waals surface area contributed by atoms with Gasteiger partial charge in [0.05, 0.1) is 26.4 Å². The Morgan fingerprint density at radius 3 is 0.820 bits per heavy atom. The van der Waals surface area contributed by atoms with Gasteiger partial charge in [-0.1, -0.05) is 320 Å². The molecule has 2 unspecified atom stereocenters. The Labute approximate surface area is 610 Å². The molecule has 100 heavy (non-hydrogen) atoms. The van der Waals surface area contributed by atoms with Gasteiger partial charge in [-0.05, 0) is 89.9 Å². The van der Waals surface area contributed by atoms with Gasteiger partial charge in [-0.2, -0.15) is 0 Å². The zero-order valence-electron chi connectivity index (χ0n) is 63.9. The zero-order chi connectivity index (χ0) is 73.2. The van der Waals surface area contributed by atoms with Crippen molar-refractivity contribution in [1.29, 1.82) is 0 Å². The van der Waals surface area contributed by atoms with Crippen molar-refractivity contribution in [3.63, 3.8) is 0 Å². The maximum Gasteiger partial charge on any atom is 0.472 e. The van der Waals surface area contributed by atoms with Crippen LogP contribution in [0.2, 0.25) is 0 Å². The van der Waals surface area contributed by atoms with Crippen LogP contribution in [0.5, 0.6) is 0 Å². The van der Waals surface area contributed by atoms with E-state index in [4.69, 9.17) is 37.0 Å². The number of carbonyl (C=O) groups is 4. The average Bonchev–Trinajstić information content (AvgIpc) is 1.06. The van der Waals surface area contributed by atoms with Gasteiger partial charge in [0.25, 0.3) is 0 Å². The molecule has 0 radical (unpaired) electrons. The fourth-order valence-electron chi connectivity index (χ4n) is 11.3. The highest BCUT2D eigenvalue weighted by Gasteiger charge is 2.30. The predicted molar refractivity (Wildman–Crippen MR) is 409 cm³/mol. The van der Waals surface area contributed by atoms with Gasteiger partial charge in [-0.3, -0.25) is 37.3 Å². The quantitative estimate of drug-likeness (QED) is 0.0169. The fourth-order valence-corrected chi connectivity index (χ4v) is 12.8. The van der Waals surface area contributed by atoms with Crippen molar-refractivity contribution in [2.45, 2.75) is 393 Å². The number of aliphatic hydroxyl groups excluding tert-OH is 1. The summed E-state index contributed by atoms with van der Waals surface area (Å²) in [7, 11) is -9.95. The molecule has 0 aliphatic rings. The van der Waals surface area contributed by atoms with Gasteiger partial charge in [-0.25, -0.2) is 9.13 Å². The number of carbonyl (C=O) groups excluding carboxylic acids is 4. The monoisotopic (exact) mass is 1460 g/mol. The first-order valence-electron chi connectivity index (χ1n) is 40.5. The lowest BCUT2D eigenvalue weighted by Gasteiger charge is -2.21. The van der Waals surface area contributed by atoms with E-state index in [0.29, 0.717) is 32.1 Å². The normalized spacial score (nSPS) is 14.2. The van der Waals surface area contributed by atoms with E-state index in [-0.39, 0.29) is 25.7 Å². The fraction of sp³-hybridized carbons (Fsp3) is 0.827. The van der Waals surface area contributed by atoms with Crippen LogP contribution < -0.4 is 0 Å². The molecule has 5 atom stereocenters. The first kappa shape index (κ1) is 96.8. The minimum absolute atomic E-state index is 0.0774. The third-order valence-electron chi connectivity index (χ3n) is 17.5. The summed E-state index contributed by atoms with van der Waals surface area (Å²) in [6.07, 6.45) is 73.4. The lowest BCUT2D eigenvalue weighted by Crippen LogP contribution is -2.30. The van der Waals surface area contributed by atoms with Crippen molar-refractivity contribution in [1.82, 2.24) is 0 Å². The van der Waals surface area contributed by atoms with Crippen LogP contribution in [0.3, 0.4) is 0 Å². The van der Waals surface area contributed by atoms with Gasteiger partial charge in [0.15, 0.2) is 12.2 Å². The second kappa shape index (κ2) is 74.0. The van der Waals surface area contributed by atoms with Gasteiger partial charge in [0.1, 0.15) is 19.3 Å². The Morgan fingerprint density at radius 1 is 0.280 bits per heavy atom. The Morgan fingerprint density at radius 2 is 0.500 bits per heavy atom. The number of unbranched alkanes of at least 4 members (excludes halogenated alkanes) is 41.